The van der Waals surface area contributed by atoms with Gasteiger partial charge in [0.2, 0.25) is 6.36 Å². The molecule has 0 N–H and O–H groups in total. The first-order valence-electron chi connectivity index (χ1n) is 3.88. The average Bonchev–Trinajstić information content (AvgIpc) is 2.15. The van der Waals surface area contributed by atoms with Crippen LogP contribution in [0.5, 0.6) is 0 Å². The summed E-state index contributed by atoms with van der Waals surface area (Å²) in [5.74, 6) is -0.577. The van der Waals surface area contributed by atoms with Crippen molar-refractivity contribution in [2.24, 2.45) is 0 Å². The van der Waals surface area contributed by atoms with Gasteiger partial charge in [-0.3, -0.25) is 0 Å². The maximum absolute atomic E-state index is 12.5. The van der Waals surface area contributed by atoms with E-state index in [1.165, 1.54) is 0 Å². The van der Waals surface area contributed by atoms with Crippen molar-refractivity contribution in [2.45, 2.75) is 25.1 Å². The van der Waals surface area contributed by atoms with E-state index in [0.29, 0.717) is 0 Å². The van der Waals surface area contributed by atoms with E-state index in [9.17, 15) is 13.6 Å². The number of carbonyl (C=O) groups excluding carboxylic acids is 1. The highest BCUT2D eigenvalue weighted by molar-refractivity contribution is 5.81. The Morgan fingerprint density at radius 3 is 2.77 bits per heavy atom. The highest BCUT2D eigenvalue weighted by atomic mass is 19.2. The van der Waals surface area contributed by atoms with Gasteiger partial charge in [0.25, 0.3) is 0 Å². The minimum Gasteiger partial charge on any atom is -0.462 e. The van der Waals surface area contributed by atoms with Gasteiger partial charge < -0.3 is 9.47 Å². The lowest BCUT2D eigenvalue weighted by Crippen LogP contribution is -2.48. The Balaban J connectivity index is 2.07. The van der Waals surface area contributed by atoms with Crippen LogP contribution in [0, 0.1) is 0 Å². The number of carbonyl (C=O) groups is 1. The fraction of sp³-hybridized carbons (Fsp3) is 0.625. The normalized spacial score (nSPS) is 32.0. The van der Waals surface area contributed by atoms with Crippen LogP contribution in [-0.4, -0.2) is 31.2 Å². The van der Waals surface area contributed by atoms with Gasteiger partial charge >= 0.3 is 5.97 Å². The molecule has 3 unspecified atom stereocenters. The Hall–Kier alpha value is -0.970. The van der Waals surface area contributed by atoms with Gasteiger partial charge in [0.15, 0.2) is 6.17 Å². The summed E-state index contributed by atoms with van der Waals surface area (Å²) in [6.07, 6.45) is -3.02. The average molecular weight is 192 g/mol. The number of halogens is 2. The van der Waals surface area contributed by atoms with Crippen molar-refractivity contribution in [3.63, 3.8) is 0 Å². The number of esters is 1. The highest BCUT2D eigenvalue weighted by Crippen LogP contribution is 2.27. The molecule has 74 valence electrons. The molecule has 0 saturated carbocycles. The van der Waals surface area contributed by atoms with E-state index >= 15 is 0 Å². The molecule has 0 radical (unpaired) electrons. The molecule has 1 aliphatic heterocycles. The molecule has 1 aliphatic rings. The standard InChI is InChI=1S/C8H10F2O3/c1-2-6(11)12-4-3-5-7(9)8(10)13-5/h2,5,7-8H,1,3-4H2. The third kappa shape index (κ3) is 2.48. The first-order chi connectivity index (χ1) is 6.15. The van der Waals surface area contributed by atoms with Gasteiger partial charge in [-0.2, -0.15) is 0 Å². The summed E-state index contributed by atoms with van der Waals surface area (Å²) in [5, 5.41) is 0. The van der Waals surface area contributed by atoms with Crippen LogP contribution in [-0.2, 0) is 14.3 Å². The molecule has 0 spiro atoms. The fourth-order valence-electron chi connectivity index (χ4n) is 0.958. The van der Waals surface area contributed by atoms with Crippen LogP contribution in [0.15, 0.2) is 12.7 Å². The molecular formula is C8H10F2O3. The van der Waals surface area contributed by atoms with Gasteiger partial charge in [-0.1, -0.05) is 6.58 Å². The monoisotopic (exact) mass is 192 g/mol. The maximum Gasteiger partial charge on any atom is 0.330 e. The molecule has 0 aromatic heterocycles. The fourth-order valence-corrected chi connectivity index (χ4v) is 0.958. The Bertz CT molecular complexity index is 208. The van der Waals surface area contributed by atoms with Gasteiger partial charge in [-0.25, -0.2) is 13.6 Å². The lowest BCUT2D eigenvalue weighted by Gasteiger charge is -2.34. The Kier molecular flexibility index (Phi) is 3.36. The van der Waals surface area contributed by atoms with E-state index in [2.05, 4.69) is 16.1 Å². The van der Waals surface area contributed by atoms with Crippen LogP contribution in [0.4, 0.5) is 8.78 Å². The number of rotatable bonds is 4. The predicted molar refractivity (Wildman–Crippen MR) is 40.4 cm³/mol. The van der Waals surface area contributed by atoms with E-state index < -0.39 is 24.6 Å². The van der Waals surface area contributed by atoms with E-state index in [1.807, 2.05) is 0 Å². The molecule has 1 fully saturated rings. The first-order valence-corrected chi connectivity index (χ1v) is 3.88. The van der Waals surface area contributed by atoms with E-state index in [-0.39, 0.29) is 13.0 Å². The summed E-state index contributed by atoms with van der Waals surface area (Å²) in [7, 11) is 0. The van der Waals surface area contributed by atoms with Crippen molar-refractivity contribution < 1.29 is 23.0 Å². The first kappa shape index (κ1) is 10.1. The van der Waals surface area contributed by atoms with Gasteiger partial charge in [0.1, 0.15) is 6.10 Å². The molecule has 0 aromatic rings. The highest BCUT2D eigenvalue weighted by Gasteiger charge is 2.43. The second kappa shape index (κ2) is 4.32. The van der Waals surface area contributed by atoms with E-state index in [1.54, 1.807) is 0 Å². The van der Waals surface area contributed by atoms with Crippen molar-refractivity contribution >= 4 is 5.97 Å². The Morgan fingerprint density at radius 2 is 2.31 bits per heavy atom. The minimum atomic E-state index is -1.82. The molecule has 5 heteroatoms. The topological polar surface area (TPSA) is 35.5 Å². The van der Waals surface area contributed by atoms with E-state index in [0.717, 1.165) is 6.08 Å². The van der Waals surface area contributed by atoms with Crippen LogP contribution in [0.3, 0.4) is 0 Å². The lowest BCUT2D eigenvalue weighted by atomic mass is 10.1. The molecule has 3 nitrogen and oxygen atoms in total. The molecule has 0 aromatic carbocycles. The quantitative estimate of drug-likeness (QED) is 0.495. The predicted octanol–water partition coefficient (Wildman–Crippen LogP) is 1.14. The summed E-state index contributed by atoms with van der Waals surface area (Å²) in [6.45, 7) is 3.20. The molecule has 0 bridgehead atoms. The molecule has 13 heavy (non-hydrogen) atoms. The van der Waals surface area contributed by atoms with Crippen molar-refractivity contribution in [1.29, 1.82) is 0 Å². The number of hydrogen-bond acceptors (Lipinski definition) is 3. The number of hydrogen-bond donors (Lipinski definition) is 0. The third-order valence-electron chi connectivity index (χ3n) is 1.72. The largest absolute Gasteiger partial charge is 0.462 e. The molecule has 1 rings (SSSR count). The summed E-state index contributed by atoms with van der Waals surface area (Å²) in [5.41, 5.74) is 0. The van der Waals surface area contributed by atoms with Crippen molar-refractivity contribution in [1.82, 2.24) is 0 Å². The van der Waals surface area contributed by atoms with Gasteiger partial charge in [-0.05, 0) is 0 Å². The molecule has 1 heterocycles. The van der Waals surface area contributed by atoms with Crippen LogP contribution >= 0.6 is 0 Å². The minimum absolute atomic E-state index is 0.0165. The molecule has 3 atom stereocenters. The molecule has 1 saturated heterocycles. The summed E-state index contributed by atoms with van der Waals surface area (Å²) in [4.78, 5) is 10.5. The summed E-state index contributed by atoms with van der Waals surface area (Å²) in [6, 6.07) is 0. The van der Waals surface area contributed by atoms with E-state index in [4.69, 9.17) is 0 Å². The van der Waals surface area contributed by atoms with Crippen LogP contribution in [0.2, 0.25) is 0 Å². The lowest BCUT2D eigenvalue weighted by molar-refractivity contribution is -0.251. The van der Waals surface area contributed by atoms with Gasteiger partial charge in [-0.15, -0.1) is 0 Å². The maximum atomic E-state index is 12.5. The number of ether oxygens (including phenoxy) is 2. The smallest absolute Gasteiger partial charge is 0.330 e. The molecule has 0 amide bonds. The zero-order valence-corrected chi connectivity index (χ0v) is 6.91. The van der Waals surface area contributed by atoms with Crippen LogP contribution in [0.1, 0.15) is 6.42 Å². The SMILES string of the molecule is C=CC(=O)OCCC1OC(F)C1F. The molecular weight excluding hydrogens is 182 g/mol. The second-order valence-corrected chi connectivity index (χ2v) is 2.63. The van der Waals surface area contributed by atoms with Crippen molar-refractivity contribution in [2.75, 3.05) is 6.61 Å². The second-order valence-electron chi connectivity index (χ2n) is 2.63. The van der Waals surface area contributed by atoms with Crippen molar-refractivity contribution in [3.05, 3.63) is 12.7 Å². The van der Waals surface area contributed by atoms with Crippen LogP contribution in [0.25, 0.3) is 0 Å². The number of alkyl halides is 2. The van der Waals surface area contributed by atoms with Crippen LogP contribution < -0.4 is 0 Å². The molecule has 0 aliphatic carbocycles. The summed E-state index contributed by atoms with van der Waals surface area (Å²) >= 11 is 0. The third-order valence-corrected chi connectivity index (χ3v) is 1.72. The Morgan fingerprint density at radius 1 is 1.62 bits per heavy atom. The van der Waals surface area contributed by atoms with Gasteiger partial charge in [0.05, 0.1) is 6.61 Å². The zero-order valence-electron chi connectivity index (χ0n) is 6.91. The van der Waals surface area contributed by atoms with Crippen molar-refractivity contribution in [3.8, 4) is 0 Å². The summed E-state index contributed by atoms with van der Waals surface area (Å²) < 4.78 is 33.6. The zero-order chi connectivity index (χ0) is 9.84. The van der Waals surface area contributed by atoms with Gasteiger partial charge in [0, 0.05) is 12.5 Å². The Labute approximate surface area is 74.3 Å².